The van der Waals surface area contributed by atoms with E-state index in [9.17, 15) is 14.7 Å². The van der Waals surface area contributed by atoms with Crippen molar-refractivity contribution in [1.29, 1.82) is 0 Å². The standard InChI is InChI=1S/C31H29Cl2FN2O2.C5H12.C3H6O2/c1-21(26-13-8-14-27(33)29(26)34)18-36(19-24-15-16-25(32)17-28(24)35-20-37)30(22-9-4-2-5-10-22)31(38)23-11-6-3-7-12-23;1-5(2,3)4;1-2-5-3-4/h2-17,20-21,30-31,38H,18-19H2,1H3,(H,35,37);1-4H3;3H,2H2,1H3. The Kier molecular flexibility index (Phi) is 17.3. The molecule has 0 heterocycles. The Balaban J connectivity index is 0.000000700. The van der Waals surface area contributed by atoms with Gasteiger partial charge < -0.3 is 15.2 Å². The molecule has 4 aromatic carbocycles. The van der Waals surface area contributed by atoms with Crippen molar-refractivity contribution in [2.75, 3.05) is 18.5 Å². The van der Waals surface area contributed by atoms with Crippen LogP contribution in [0.3, 0.4) is 0 Å². The van der Waals surface area contributed by atoms with Crippen LogP contribution in [0.1, 0.15) is 81.9 Å². The van der Waals surface area contributed by atoms with E-state index in [-0.39, 0.29) is 10.9 Å². The third-order valence-electron chi connectivity index (χ3n) is 6.89. The molecule has 6 nitrogen and oxygen atoms in total. The smallest absolute Gasteiger partial charge is 0.293 e. The van der Waals surface area contributed by atoms with Gasteiger partial charge in [0.1, 0.15) is 5.82 Å². The quantitative estimate of drug-likeness (QED) is 0.136. The highest BCUT2D eigenvalue weighted by Crippen LogP contribution is 2.38. The van der Waals surface area contributed by atoms with Crippen molar-refractivity contribution in [2.24, 2.45) is 5.41 Å². The van der Waals surface area contributed by atoms with E-state index in [1.165, 1.54) is 6.07 Å². The van der Waals surface area contributed by atoms with Crippen LogP contribution < -0.4 is 5.32 Å². The van der Waals surface area contributed by atoms with E-state index in [0.29, 0.717) is 54.3 Å². The maximum atomic E-state index is 15.0. The van der Waals surface area contributed by atoms with Crippen LogP contribution in [0.25, 0.3) is 0 Å². The molecule has 4 aromatic rings. The molecular weight excluding hydrogens is 650 g/mol. The number of carbonyl (C=O) groups excluding carboxylic acids is 2. The number of halogens is 3. The molecule has 48 heavy (non-hydrogen) atoms. The first kappa shape index (κ1) is 40.4. The number of aliphatic hydroxyl groups excluding tert-OH is 1. The molecule has 1 amide bonds. The lowest BCUT2D eigenvalue weighted by Crippen LogP contribution is -2.35. The first-order chi connectivity index (χ1) is 22.8. The average Bonchev–Trinajstić information content (AvgIpc) is 3.04. The summed E-state index contributed by atoms with van der Waals surface area (Å²) < 4.78 is 19.2. The molecule has 3 atom stereocenters. The van der Waals surface area contributed by atoms with Crippen molar-refractivity contribution >= 4 is 41.8 Å². The molecule has 0 aliphatic rings. The lowest BCUT2D eigenvalue weighted by atomic mass is 9.91. The summed E-state index contributed by atoms with van der Waals surface area (Å²) in [6.45, 7) is 14.1. The van der Waals surface area contributed by atoms with Crippen LogP contribution in [-0.4, -0.2) is 36.0 Å². The summed E-state index contributed by atoms with van der Waals surface area (Å²) in [7, 11) is 0. The van der Waals surface area contributed by atoms with E-state index < -0.39 is 18.0 Å². The largest absolute Gasteiger partial charge is 0.468 e. The Morgan fingerprint density at radius 1 is 0.896 bits per heavy atom. The number of rotatable bonds is 13. The van der Waals surface area contributed by atoms with Gasteiger partial charge in [0.2, 0.25) is 6.41 Å². The molecule has 0 saturated carbocycles. The average molecular weight is 698 g/mol. The van der Waals surface area contributed by atoms with Gasteiger partial charge in [-0.1, -0.05) is 137 Å². The van der Waals surface area contributed by atoms with Gasteiger partial charge in [-0.3, -0.25) is 14.5 Å². The highest BCUT2D eigenvalue weighted by Gasteiger charge is 2.31. The number of hydrogen-bond acceptors (Lipinski definition) is 5. The van der Waals surface area contributed by atoms with Crippen molar-refractivity contribution in [1.82, 2.24) is 4.90 Å². The normalized spacial score (nSPS) is 12.7. The highest BCUT2D eigenvalue weighted by atomic mass is 35.5. The predicted octanol–water partition coefficient (Wildman–Crippen LogP) is 10.0. The fourth-order valence-corrected chi connectivity index (χ4v) is 5.23. The molecule has 258 valence electrons. The highest BCUT2D eigenvalue weighted by molar-refractivity contribution is 6.31. The van der Waals surface area contributed by atoms with Crippen LogP contribution >= 0.6 is 23.2 Å². The lowest BCUT2D eigenvalue weighted by molar-refractivity contribution is -0.128. The van der Waals surface area contributed by atoms with Crippen molar-refractivity contribution in [3.63, 3.8) is 0 Å². The topological polar surface area (TPSA) is 78.9 Å². The van der Waals surface area contributed by atoms with Gasteiger partial charge in [-0.05, 0) is 58.7 Å². The Bertz CT molecular complexity index is 1530. The third kappa shape index (κ3) is 13.8. The summed E-state index contributed by atoms with van der Waals surface area (Å²) in [6.07, 6.45) is -0.276. The van der Waals surface area contributed by atoms with Gasteiger partial charge in [-0.15, -0.1) is 0 Å². The van der Waals surface area contributed by atoms with E-state index in [2.05, 4.69) is 42.6 Å². The summed E-state index contributed by atoms with van der Waals surface area (Å²) in [6, 6.07) is 29.0. The molecule has 0 radical (unpaired) electrons. The molecule has 0 saturated heterocycles. The van der Waals surface area contributed by atoms with E-state index in [0.717, 1.165) is 16.7 Å². The maximum Gasteiger partial charge on any atom is 0.293 e. The van der Waals surface area contributed by atoms with Gasteiger partial charge in [-0.25, -0.2) is 4.39 Å². The predicted molar refractivity (Wildman–Crippen MR) is 195 cm³/mol. The molecule has 9 heteroatoms. The number of anilines is 1. The van der Waals surface area contributed by atoms with Crippen LogP contribution in [0.5, 0.6) is 0 Å². The van der Waals surface area contributed by atoms with Gasteiger partial charge in [0.15, 0.2) is 0 Å². The van der Waals surface area contributed by atoms with Gasteiger partial charge in [0.25, 0.3) is 6.47 Å². The maximum absolute atomic E-state index is 15.0. The lowest BCUT2D eigenvalue weighted by Gasteiger charge is -2.37. The Morgan fingerprint density at radius 3 is 2.00 bits per heavy atom. The molecule has 0 fully saturated rings. The Labute approximate surface area is 294 Å². The van der Waals surface area contributed by atoms with E-state index in [1.54, 1.807) is 31.2 Å². The minimum absolute atomic E-state index is 0.0694. The van der Waals surface area contributed by atoms with E-state index in [4.69, 9.17) is 23.2 Å². The first-order valence-electron chi connectivity index (χ1n) is 15.8. The minimum atomic E-state index is -0.884. The molecular formula is C39H47Cl2FN2O4. The summed E-state index contributed by atoms with van der Waals surface area (Å²) in [5, 5.41) is 15.0. The molecule has 0 bridgehead atoms. The van der Waals surface area contributed by atoms with Crippen molar-refractivity contribution < 1.29 is 23.8 Å². The second-order valence-electron chi connectivity index (χ2n) is 12.8. The molecule has 3 unspecified atom stereocenters. The van der Waals surface area contributed by atoms with Crippen LogP contribution in [-0.2, 0) is 20.9 Å². The molecule has 0 aliphatic carbocycles. The van der Waals surface area contributed by atoms with Crippen molar-refractivity contribution in [3.8, 4) is 0 Å². The SMILES string of the molecule is CC(C)(C)C.CC(CN(Cc1ccc(Cl)cc1NC=O)C(c1ccccc1)C(O)c1ccccc1)c1cccc(Cl)c1F.CCOC=O. The van der Waals surface area contributed by atoms with Crippen LogP contribution in [0.15, 0.2) is 97.1 Å². The van der Waals surface area contributed by atoms with E-state index >= 15 is 4.39 Å². The minimum Gasteiger partial charge on any atom is -0.468 e. The first-order valence-corrected chi connectivity index (χ1v) is 16.6. The van der Waals surface area contributed by atoms with Gasteiger partial charge in [0.05, 0.1) is 23.8 Å². The third-order valence-corrected chi connectivity index (χ3v) is 7.42. The number of nitrogens with zero attached hydrogens (tertiary/aromatic N) is 1. The molecule has 2 N–H and O–H groups in total. The number of amides is 1. The summed E-state index contributed by atoms with van der Waals surface area (Å²) in [4.78, 5) is 22.6. The second-order valence-corrected chi connectivity index (χ2v) is 13.6. The zero-order chi connectivity index (χ0) is 35.7. The molecule has 4 rings (SSSR count). The van der Waals surface area contributed by atoms with E-state index in [1.807, 2.05) is 73.7 Å². The summed E-state index contributed by atoms with van der Waals surface area (Å²) >= 11 is 12.3. The van der Waals surface area contributed by atoms with Gasteiger partial charge in [-0.2, -0.15) is 0 Å². The number of nitrogens with one attached hydrogen (secondary N) is 1. The van der Waals surface area contributed by atoms with Gasteiger partial charge >= 0.3 is 0 Å². The van der Waals surface area contributed by atoms with Crippen LogP contribution in [0.4, 0.5) is 10.1 Å². The number of benzene rings is 4. The number of hydrogen-bond donors (Lipinski definition) is 2. The monoisotopic (exact) mass is 696 g/mol. The van der Waals surface area contributed by atoms with Gasteiger partial charge in [0, 0.05) is 23.8 Å². The summed E-state index contributed by atoms with van der Waals surface area (Å²) in [5.41, 5.74) is 4.03. The fourth-order valence-electron chi connectivity index (χ4n) is 4.87. The Morgan fingerprint density at radius 2 is 1.48 bits per heavy atom. The number of aliphatic hydroxyl groups is 1. The zero-order valence-electron chi connectivity index (χ0n) is 28.5. The van der Waals surface area contributed by atoms with Crippen molar-refractivity contribution in [3.05, 3.63) is 135 Å². The van der Waals surface area contributed by atoms with Crippen LogP contribution in [0, 0.1) is 11.2 Å². The molecule has 0 aromatic heterocycles. The summed E-state index contributed by atoms with van der Waals surface area (Å²) in [5.74, 6) is -0.714. The molecule has 0 aliphatic heterocycles. The second kappa shape index (κ2) is 20.6. The fraction of sp³-hybridized carbons (Fsp3) is 0.333. The zero-order valence-corrected chi connectivity index (χ0v) is 30.0. The Hall–Kier alpha value is -3.75. The number of carbonyl (C=O) groups is 2. The number of ether oxygens (including phenoxy) is 1. The van der Waals surface area contributed by atoms with Crippen LogP contribution in [0.2, 0.25) is 10.0 Å². The van der Waals surface area contributed by atoms with Crippen molar-refractivity contribution in [2.45, 2.75) is 66.2 Å². The molecule has 0 spiro atoms.